The summed E-state index contributed by atoms with van der Waals surface area (Å²) in [5.41, 5.74) is 1.18. The van der Waals surface area contributed by atoms with Crippen LogP contribution in [0.5, 0.6) is 0 Å². The molecule has 6 nitrogen and oxygen atoms in total. The number of carbonyl (C=O) groups is 1. The number of anilines is 1. The summed E-state index contributed by atoms with van der Waals surface area (Å²) < 4.78 is 5.03. The number of nitrogens with zero attached hydrogens (tertiary/aromatic N) is 2. The van der Waals surface area contributed by atoms with E-state index >= 15 is 0 Å². The first-order valence-electron chi connectivity index (χ1n) is 7.81. The maximum absolute atomic E-state index is 12.2. The second-order valence-corrected chi connectivity index (χ2v) is 5.10. The molecule has 2 aromatic rings. The fraction of sp³-hybridized carbons (Fsp3) is 0.278. The molecule has 0 aliphatic rings. The van der Waals surface area contributed by atoms with Gasteiger partial charge in [0.25, 0.3) is 5.91 Å². The van der Waals surface area contributed by atoms with Crippen LogP contribution in [0.4, 0.5) is 5.82 Å². The van der Waals surface area contributed by atoms with Crippen molar-refractivity contribution < 1.29 is 9.53 Å². The van der Waals surface area contributed by atoms with Crippen LogP contribution < -0.4 is 10.6 Å². The number of hydrogen-bond acceptors (Lipinski definition) is 5. The summed E-state index contributed by atoms with van der Waals surface area (Å²) in [5.74, 6) is 0.870. The molecule has 0 bridgehead atoms. The van der Waals surface area contributed by atoms with Gasteiger partial charge >= 0.3 is 0 Å². The minimum atomic E-state index is -0.255. The van der Waals surface area contributed by atoms with Crippen molar-refractivity contribution in [3.8, 4) is 11.4 Å². The Bertz CT molecular complexity index is 674. The van der Waals surface area contributed by atoms with Crippen molar-refractivity contribution in [3.63, 3.8) is 0 Å². The van der Waals surface area contributed by atoms with Crippen LogP contribution >= 0.6 is 0 Å². The summed E-state index contributed by atoms with van der Waals surface area (Å²) in [6.45, 7) is 5.35. The molecule has 0 unspecified atom stereocenters. The SMILES string of the molecule is C=CCNC(=O)c1cc(NCCCOC)nc(-c2ccccc2)n1. The Balaban J connectivity index is 2.25. The van der Waals surface area contributed by atoms with Gasteiger partial charge < -0.3 is 15.4 Å². The normalized spacial score (nSPS) is 10.2. The highest BCUT2D eigenvalue weighted by atomic mass is 16.5. The van der Waals surface area contributed by atoms with Crippen molar-refractivity contribution >= 4 is 11.7 Å². The van der Waals surface area contributed by atoms with Crippen LogP contribution in [-0.2, 0) is 4.74 Å². The minimum Gasteiger partial charge on any atom is -0.385 e. The number of methoxy groups -OCH3 is 1. The molecule has 2 rings (SSSR count). The predicted octanol–water partition coefficient (Wildman–Crippen LogP) is 2.51. The van der Waals surface area contributed by atoms with Crippen molar-refractivity contribution in [1.82, 2.24) is 15.3 Å². The third kappa shape index (κ3) is 5.17. The lowest BCUT2D eigenvalue weighted by Gasteiger charge is -2.10. The second-order valence-electron chi connectivity index (χ2n) is 5.10. The van der Waals surface area contributed by atoms with Gasteiger partial charge in [0.15, 0.2) is 5.82 Å². The van der Waals surface area contributed by atoms with Crippen LogP contribution in [0.2, 0.25) is 0 Å². The van der Waals surface area contributed by atoms with E-state index in [-0.39, 0.29) is 5.91 Å². The third-order valence-electron chi connectivity index (χ3n) is 3.23. The van der Waals surface area contributed by atoms with E-state index in [2.05, 4.69) is 27.2 Å². The van der Waals surface area contributed by atoms with Crippen LogP contribution in [0.25, 0.3) is 11.4 Å². The Morgan fingerprint density at radius 1 is 1.29 bits per heavy atom. The van der Waals surface area contributed by atoms with Crippen molar-refractivity contribution in [2.45, 2.75) is 6.42 Å². The largest absolute Gasteiger partial charge is 0.385 e. The molecule has 24 heavy (non-hydrogen) atoms. The Morgan fingerprint density at radius 3 is 2.79 bits per heavy atom. The highest BCUT2D eigenvalue weighted by molar-refractivity contribution is 5.93. The smallest absolute Gasteiger partial charge is 0.270 e. The molecule has 0 saturated heterocycles. The molecule has 1 aromatic heterocycles. The third-order valence-corrected chi connectivity index (χ3v) is 3.23. The van der Waals surface area contributed by atoms with Gasteiger partial charge in [-0.1, -0.05) is 36.4 Å². The highest BCUT2D eigenvalue weighted by Crippen LogP contribution is 2.17. The molecule has 2 N–H and O–H groups in total. The molecule has 0 spiro atoms. The zero-order valence-corrected chi connectivity index (χ0v) is 13.8. The number of nitrogens with one attached hydrogen (secondary N) is 2. The Kier molecular flexibility index (Phi) is 6.91. The average molecular weight is 326 g/mol. The fourth-order valence-corrected chi connectivity index (χ4v) is 2.06. The lowest BCUT2D eigenvalue weighted by atomic mass is 10.2. The van der Waals surface area contributed by atoms with Crippen molar-refractivity contribution in [2.75, 3.05) is 32.1 Å². The maximum Gasteiger partial charge on any atom is 0.270 e. The number of amides is 1. The van der Waals surface area contributed by atoms with Crippen LogP contribution in [-0.4, -0.2) is 42.7 Å². The number of ether oxygens (including phenoxy) is 1. The first kappa shape index (κ1) is 17.6. The van der Waals surface area contributed by atoms with Crippen LogP contribution in [0.15, 0.2) is 49.1 Å². The predicted molar refractivity (Wildman–Crippen MR) is 95.0 cm³/mol. The number of hydrogen-bond donors (Lipinski definition) is 2. The number of aromatic nitrogens is 2. The number of carbonyl (C=O) groups excluding carboxylic acids is 1. The molecular formula is C18H22N4O2. The van der Waals surface area contributed by atoms with E-state index in [1.807, 2.05) is 30.3 Å². The van der Waals surface area contributed by atoms with Gasteiger partial charge in [-0.05, 0) is 6.42 Å². The molecule has 1 aromatic carbocycles. The first-order chi connectivity index (χ1) is 11.7. The molecular weight excluding hydrogens is 304 g/mol. The van der Waals surface area contributed by atoms with Gasteiger partial charge in [-0.2, -0.15) is 0 Å². The number of benzene rings is 1. The van der Waals surface area contributed by atoms with Gasteiger partial charge in [0.05, 0.1) is 0 Å². The molecule has 0 aliphatic heterocycles. The minimum absolute atomic E-state index is 0.255. The van der Waals surface area contributed by atoms with E-state index in [1.54, 1.807) is 19.3 Å². The molecule has 0 aliphatic carbocycles. The van der Waals surface area contributed by atoms with Gasteiger partial charge in [-0.3, -0.25) is 4.79 Å². The van der Waals surface area contributed by atoms with Crippen molar-refractivity contribution in [3.05, 3.63) is 54.7 Å². The van der Waals surface area contributed by atoms with E-state index in [0.29, 0.717) is 37.0 Å². The van der Waals surface area contributed by atoms with E-state index < -0.39 is 0 Å². The highest BCUT2D eigenvalue weighted by Gasteiger charge is 2.12. The zero-order valence-electron chi connectivity index (χ0n) is 13.8. The monoisotopic (exact) mass is 326 g/mol. The summed E-state index contributed by atoms with van der Waals surface area (Å²) >= 11 is 0. The molecule has 0 saturated carbocycles. The van der Waals surface area contributed by atoms with Crippen LogP contribution in [0, 0.1) is 0 Å². The van der Waals surface area contributed by atoms with Gasteiger partial charge in [-0.25, -0.2) is 9.97 Å². The number of rotatable bonds is 9. The Morgan fingerprint density at radius 2 is 2.08 bits per heavy atom. The van der Waals surface area contributed by atoms with E-state index in [9.17, 15) is 4.79 Å². The fourth-order valence-electron chi connectivity index (χ4n) is 2.06. The summed E-state index contributed by atoms with van der Waals surface area (Å²) in [6, 6.07) is 11.2. The van der Waals surface area contributed by atoms with Crippen LogP contribution in [0.1, 0.15) is 16.9 Å². The van der Waals surface area contributed by atoms with Crippen molar-refractivity contribution in [2.24, 2.45) is 0 Å². The quantitative estimate of drug-likeness (QED) is 0.547. The standard InChI is InChI=1S/C18H22N4O2/c1-3-10-20-18(23)15-13-16(19-11-7-12-24-2)22-17(21-15)14-8-5-4-6-9-14/h3-6,8-9,13H,1,7,10-12H2,2H3,(H,20,23)(H,19,21,22). The van der Waals surface area contributed by atoms with Crippen molar-refractivity contribution in [1.29, 1.82) is 0 Å². The Hall–Kier alpha value is -2.73. The lowest BCUT2D eigenvalue weighted by Crippen LogP contribution is -2.25. The second kappa shape index (κ2) is 9.42. The Labute approximate surface area is 142 Å². The average Bonchev–Trinajstić information content (AvgIpc) is 2.63. The molecule has 1 heterocycles. The zero-order chi connectivity index (χ0) is 17.2. The first-order valence-corrected chi connectivity index (χ1v) is 7.81. The summed E-state index contributed by atoms with van der Waals surface area (Å²) in [7, 11) is 1.67. The van der Waals surface area contributed by atoms with Crippen LogP contribution in [0.3, 0.4) is 0 Å². The van der Waals surface area contributed by atoms with E-state index in [4.69, 9.17) is 4.74 Å². The molecule has 0 atom stereocenters. The lowest BCUT2D eigenvalue weighted by molar-refractivity contribution is 0.0953. The summed E-state index contributed by atoms with van der Waals surface area (Å²) in [4.78, 5) is 21.1. The van der Waals surface area contributed by atoms with Gasteiger partial charge in [-0.15, -0.1) is 6.58 Å². The molecule has 1 amide bonds. The maximum atomic E-state index is 12.2. The topological polar surface area (TPSA) is 76.1 Å². The van der Waals surface area contributed by atoms with E-state index in [1.165, 1.54) is 0 Å². The van der Waals surface area contributed by atoms with Gasteiger partial charge in [0, 0.05) is 38.4 Å². The molecule has 0 fully saturated rings. The van der Waals surface area contributed by atoms with E-state index in [0.717, 1.165) is 12.0 Å². The molecule has 126 valence electrons. The molecule has 6 heteroatoms. The summed E-state index contributed by atoms with van der Waals surface area (Å²) in [6.07, 6.45) is 2.47. The molecule has 0 radical (unpaired) electrons. The van der Waals surface area contributed by atoms with Gasteiger partial charge in [0.1, 0.15) is 11.5 Å². The summed E-state index contributed by atoms with van der Waals surface area (Å²) in [5, 5.41) is 5.95. The van der Waals surface area contributed by atoms with Gasteiger partial charge in [0.2, 0.25) is 0 Å².